The molecule has 6 atom stereocenters. The van der Waals surface area contributed by atoms with Crippen molar-refractivity contribution in [1.82, 2.24) is 4.98 Å². The van der Waals surface area contributed by atoms with Crippen LogP contribution in [0.2, 0.25) is 0 Å². The number of para-hydroxylation sites is 1. The second-order valence-electron chi connectivity index (χ2n) is 12.5. The Labute approximate surface area is 242 Å². The quantitative estimate of drug-likeness (QED) is 0.112. The minimum absolute atomic E-state index is 0.0192. The van der Waals surface area contributed by atoms with Crippen LogP contribution in [-0.4, -0.2) is 34.2 Å². The van der Waals surface area contributed by atoms with Gasteiger partial charge in [-0.2, -0.15) is 0 Å². The smallest absolute Gasteiger partial charge is 0.136 e. The third kappa shape index (κ3) is 3.43. The molecule has 8 rings (SSSR count). The van der Waals surface area contributed by atoms with Crippen molar-refractivity contribution in [3.63, 3.8) is 0 Å². The predicted molar refractivity (Wildman–Crippen MR) is 168 cm³/mol. The van der Waals surface area contributed by atoms with Crippen LogP contribution in [0.4, 0.5) is 0 Å². The first-order valence-corrected chi connectivity index (χ1v) is 15.1. The fourth-order valence-corrected chi connectivity index (χ4v) is 9.34. The summed E-state index contributed by atoms with van der Waals surface area (Å²) in [5.41, 5.74) is 4.10. The summed E-state index contributed by atoms with van der Waals surface area (Å²) in [5.74, 6) is 1.35. The number of quaternary nitrogens is 1. The van der Waals surface area contributed by atoms with Crippen molar-refractivity contribution in [3.8, 4) is 0 Å². The molecule has 4 aromatic carbocycles. The first-order valence-electron chi connectivity index (χ1n) is 15.1. The SMILES string of the molecule is C=CCOC(c1ccnc2ccccc12)C1C[C@]23C[C@H](C=C)C2CC[N+]13Cc1c2ccccc2cc2ccccc12. The normalized spacial score (nSPS) is 28.9. The molecule has 3 fully saturated rings. The van der Waals surface area contributed by atoms with Gasteiger partial charge in [-0.05, 0) is 51.2 Å². The number of nitrogens with zero attached hydrogens (tertiary/aromatic N) is 2. The Bertz CT molecular complexity index is 1770. The summed E-state index contributed by atoms with van der Waals surface area (Å²) in [6.07, 6.45) is 9.78. The average Bonchev–Trinajstić information content (AvgIpc) is 3.17. The highest BCUT2D eigenvalue weighted by molar-refractivity contribution is 6.02. The van der Waals surface area contributed by atoms with Gasteiger partial charge < -0.3 is 9.22 Å². The number of ether oxygens (including phenoxy) is 1. The lowest BCUT2D eigenvalue weighted by atomic mass is 9.51. The molecule has 0 amide bonds. The van der Waals surface area contributed by atoms with Gasteiger partial charge in [-0.1, -0.05) is 78.9 Å². The molecule has 2 aliphatic heterocycles. The molecule has 204 valence electrons. The number of allylic oxidation sites excluding steroid dienone is 1. The maximum atomic E-state index is 6.81. The van der Waals surface area contributed by atoms with Crippen LogP contribution in [0.1, 0.15) is 36.5 Å². The summed E-state index contributed by atoms with van der Waals surface area (Å²) in [6.45, 7) is 11.0. The topological polar surface area (TPSA) is 22.1 Å². The van der Waals surface area contributed by atoms with Crippen molar-refractivity contribution in [2.45, 2.75) is 43.5 Å². The molecule has 41 heavy (non-hydrogen) atoms. The Hall–Kier alpha value is -3.79. The number of benzene rings is 4. The van der Waals surface area contributed by atoms with E-state index in [0.717, 1.165) is 16.5 Å². The lowest BCUT2D eigenvalue weighted by Crippen LogP contribution is -2.82. The maximum absolute atomic E-state index is 6.81. The first kappa shape index (κ1) is 25.0. The lowest BCUT2D eigenvalue weighted by Gasteiger charge is -2.70. The molecule has 1 spiro atoms. The van der Waals surface area contributed by atoms with Crippen molar-refractivity contribution in [2.75, 3.05) is 13.2 Å². The van der Waals surface area contributed by atoms with Gasteiger partial charge in [0.1, 0.15) is 24.2 Å². The van der Waals surface area contributed by atoms with Gasteiger partial charge >= 0.3 is 0 Å². The molecule has 3 heterocycles. The Morgan fingerprint density at radius 3 is 2.34 bits per heavy atom. The van der Waals surface area contributed by atoms with Crippen LogP contribution in [0, 0.1) is 11.8 Å². The Morgan fingerprint density at radius 2 is 1.61 bits per heavy atom. The van der Waals surface area contributed by atoms with E-state index in [1.165, 1.54) is 63.9 Å². The number of hydrogen-bond donors (Lipinski definition) is 0. The molecule has 4 unspecified atom stereocenters. The average molecular weight is 538 g/mol. The molecule has 1 aliphatic carbocycles. The maximum Gasteiger partial charge on any atom is 0.136 e. The minimum atomic E-state index is -0.0192. The molecule has 5 aromatic rings. The van der Waals surface area contributed by atoms with E-state index in [1.54, 1.807) is 0 Å². The van der Waals surface area contributed by atoms with Gasteiger partial charge in [-0.3, -0.25) is 4.98 Å². The third-order valence-electron chi connectivity index (χ3n) is 11.1. The summed E-state index contributed by atoms with van der Waals surface area (Å²) < 4.78 is 7.92. The summed E-state index contributed by atoms with van der Waals surface area (Å²) >= 11 is 0. The Morgan fingerprint density at radius 1 is 0.902 bits per heavy atom. The van der Waals surface area contributed by atoms with Crippen molar-refractivity contribution < 1.29 is 9.22 Å². The minimum Gasteiger partial charge on any atom is -0.363 e. The molecule has 1 saturated carbocycles. The molecule has 0 radical (unpaired) electrons. The standard InChI is InChI=1S/C38H37N2O/c1-3-21-41-37(32-17-19-39-35-16-10-9-15-31(32)35)36-24-38-23-26(4-2)34(38)18-20-40(36,38)25-33-29-13-7-5-11-27(29)22-28-12-6-8-14-30(28)33/h3-17,19,22,26,34,36-37H,1-2,18,20-21,23-25H2/q+1/t26-,34?,36?,37?,38+,40?/m0/s1. The van der Waals surface area contributed by atoms with Crippen LogP contribution in [0.15, 0.2) is 116 Å². The highest BCUT2D eigenvalue weighted by Crippen LogP contribution is 2.70. The van der Waals surface area contributed by atoms with Crippen LogP contribution in [0.25, 0.3) is 32.4 Å². The number of rotatable bonds is 8. The van der Waals surface area contributed by atoms with Crippen molar-refractivity contribution in [3.05, 3.63) is 128 Å². The summed E-state index contributed by atoms with van der Waals surface area (Å²) in [6, 6.07) is 31.4. The fourth-order valence-electron chi connectivity index (χ4n) is 9.34. The van der Waals surface area contributed by atoms with Crippen LogP contribution >= 0.6 is 0 Å². The van der Waals surface area contributed by atoms with Gasteiger partial charge in [0.15, 0.2) is 0 Å². The Kier molecular flexibility index (Phi) is 5.71. The van der Waals surface area contributed by atoms with Crippen LogP contribution in [0.5, 0.6) is 0 Å². The molecule has 3 nitrogen and oxygen atoms in total. The van der Waals surface area contributed by atoms with E-state index in [9.17, 15) is 0 Å². The van der Waals surface area contributed by atoms with E-state index in [1.807, 2.05) is 12.3 Å². The van der Waals surface area contributed by atoms with Crippen LogP contribution < -0.4 is 0 Å². The highest BCUT2D eigenvalue weighted by Gasteiger charge is 2.79. The summed E-state index contributed by atoms with van der Waals surface area (Å²) in [5, 5.41) is 6.64. The zero-order valence-electron chi connectivity index (χ0n) is 23.6. The van der Waals surface area contributed by atoms with Crippen molar-refractivity contribution in [2.24, 2.45) is 11.8 Å². The molecule has 3 aliphatic rings. The number of fused-ring (bicyclic) bond motifs is 3. The Balaban J connectivity index is 1.31. The van der Waals surface area contributed by atoms with Gasteiger partial charge in [-0.25, -0.2) is 0 Å². The second-order valence-corrected chi connectivity index (χ2v) is 12.5. The number of hydrogen-bond acceptors (Lipinski definition) is 2. The molecule has 0 N–H and O–H groups in total. The van der Waals surface area contributed by atoms with Gasteiger partial charge in [-0.15, -0.1) is 13.2 Å². The van der Waals surface area contributed by atoms with Gasteiger partial charge in [0.25, 0.3) is 0 Å². The van der Waals surface area contributed by atoms with E-state index in [-0.39, 0.29) is 6.10 Å². The van der Waals surface area contributed by atoms with Crippen molar-refractivity contribution in [1.29, 1.82) is 0 Å². The molecule has 2 saturated heterocycles. The monoisotopic (exact) mass is 537 g/mol. The number of aromatic nitrogens is 1. The van der Waals surface area contributed by atoms with E-state index in [4.69, 9.17) is 9.72 Å². The highest BCUT2D eigenvalue weighted by atomic mass is 16.5. The summed E-state index contributed by atoms with van der Waals surface area (Å²) in [7, 11) is 0. The third-order valence-corrected chi connectivity index (χ3v) is 11.1. The van der Waals surface area contributed by atoms with Gasteiger partial charge in [0.2, 0.25) is 0 Å². The van der Waals surface area contributed by atoms with E-state index < -0.39 is 0 Å². The lowest BCUT2D eigenvalue weighted by molar-refractivity contribution is -1.05. The molecule has 3 heteroatoms. The zero-order valence-corrected chi connectivity index (χ0v) is 23.6. The first-order chi connectivity index (χ1) is 20.2. The largest absolute Gasteiger partial charge is 0.363 e. The molecular weight excluding hydrogens is 500 g/mol. The van der Waals surface area contributed by atoms with Crippen molar-refractivity contribution >= 4 is 32.4 Å². The van der Waals surface area contributed by atoms with E-state index in [2.05, 4.69) is 104 Å². The van der Waals surface area contributed by atoms with E-state index >= 15 is 0 Å². The fraction of sp³-hybridized carbons (Fsp3) is 0.289. The predicted octanol–water partition coefficient (Wildman–Crippen LogP) is 8.54. The summed E-state index contributed by atoms with van der Waals surface area (Å²) in [4.78, 5) is 4.69. The molecule has 1 aromatic heterocycles. The van der Waals surface area contributed by atoms with Crippen LogP contribution in [0.3, 0.4) is 0 Å². The number of pyridine rings is 1. The van der Waals surface area contributed by atoms with Gasteiger partial charge in [0, 0.05) is 35.9 Å². The van der Waals surface area contributed by atoms with Crippen LogP contribution in [-0.2, 0) is 11.3 Å². The molecular formula is C38H37N2O+. The molecule has 0 bridgehead atoms. The zero-order chi connectivity index (χ0) is 27.6. The van der Waals surface area contributed by atoms with E-state index in [0.29, 0.717) is 30.0 Å². The van der Waals surface area contributed by atoms with Gasteiger partial charge in [0.05, 0.1) is 25.1 Å². The second kappa shape index (κ2) is 9.37.